The van der Waals surface area contributed by atoms with Crippen LogP contribution in [0.5, 0.6) is 11.5 Å². The smallest absolute Gasteiger partial charge is 0.187 e. The third-order valence-corrected chi connectivity index (χ3v) is 4.31. The molecule has 0 radical (unpaired) electrons. The summed E-state index contributed by atoms with van der Waals surface area (Å²) in [7, 11) is 0. The van der Waals surface area contributed by atoms with Crippen LogP contribution in [0.2, 0.25) is 0 Å². The molecule has 4 nitrogen and oxygen atoms in total. The van der Waals surface area contributed by atoms with E-state index in [1.165, 1.54) is 0 Å². The van der Waals surface area contributed by atoms with Gasteiger partial charge in [0.15, 0.2) is 5.13 Å². The standard InChI is InChI=1S/C20H15N3OS/c1-2-5-15(6-3-1)19-14-25-20(23-19)22-16-8-10-17(11-9-16)24-18-7-4-12-21-13-18/h1-14H,(H,22,23). The topological polar surface area (TPSA) is 47.0 Å². The van der Waals surface area contributed by atoms with E-state index in [4.69, 9.17) is 4.74 Å². The number of thiazole rings is 1. The molecule has 0 saturated heterocycles. The third kappa shape index (κ3) is 3.84. The lowest BCUT2D eigenvalue weighted by atomic mass is 10.2. The van der Waals surface area contributed by atoms with E-state index < -0.39 is 0 Å². The Bertz CT molecular complexity index is 938. The fraction of sp³-hybridized carbons (Fsp3) is 0. The number of benzene rings is 2. The van der Waals surface area contributed by atoms with Gasteiger partial charge in [-0.1, -0.05) is 30.3 Å². The van der Waals surface area contributed by atoms with Crippen molar-refractivity contribution in [3.05, 3.63) is 84.5 Å². The van der Waals surface area contributed by atoms with E-state index >= 15 is 0 Å². The monoisotopic (exact) mass is 345 g/mol. The summed E-state index contributed by atoms with van der Waals surface area (Å²) in [6, 6.07) is 21.6. The minimum atomic E-state index is 0.718. The summed E-state index contributed by atoms with van der Waals surface area (Å²) >= 11 is 1.58. The molecule has 0 unspecified atom stereocenters. The summed E-state index contributed by atoms with van der Waals surface area (Å²) in [6.45, 7) is 0. The summed E-state index contributed by atoms with van der Waals surface area (Å²) in [4.78, 5) is 8.67. The van der Waals surface area contributed by atoms with Crippen molar-refractivity contribution in [3.63, 3.8) is 0 Å². The van der Waals surface area contributed by atoms with Gasteiger partial charge in [-0.2, -0.15) is 0 Å². The summed E-state index contributed by atoms with van der Waals surface area (Å²) in [6.07, 6.45) is 3.41. The Morgan fingerprint density at radius 1 is 0.840 bits per heavy atom. The van der Waals surface area contributed by atoms with Crippen LogP contribution in [0.15, 0.2) is 84.5 Å². The van der Waals surface area contributed by atoms with Gasteiger partial charge in [0.25, 0.3) is 0 Å². The third-order valence-electron chi connectivity index (χ3n) is 3.55. The Morgan fingerprint density at radius 2 is 1.68 bits per heavy atom. The second-order valence-corrected chi connectivity index (χ2v) is 6.20. The number of rotatable bonds is 5. The molecule has 5 heteroatoms. The van der Waals surface area contributed by atoms with Crippen LogP contribution in [0, 0.1) is 0 Å². The van der Waals surface area contributed by atoms with Crippen LogP contribution in [-0.4, -0.2) is 9.97 Å². The zero-order valence-electron chi connectivity index (χ0n) is 13.3. The molecule has 0 aliphatic carbocycles. The van der Waals surface area contributed by atoms with Gasteiger partial charge in [-0.3, -0.25) is 4.98 Å². The number of ether oxygens (including phenoxy) is 1. The minimum Gasteiger partial charge on any atom is -0.456 e. The lowest BCUT2D eigenvalue weighted by molar-refractivity contribution is 0.480. The van der Waals surface area contributed by atoms with Crippen molar-refractivity contribution in [2.75, 3.05) is 5.32 Å². The number of nitrogens with zero attached hydrogens (tertiary/aromatic N) is 2. The van der Waals surface area contributed by atoms with Crippen molar-refractivity contribution in [3.8, 4) is 22.8 Å². The maximum Gasteiger partial charge on any atom is 0.187 e. The van der Waals surface area contributed by atoms with Crippen LogP contribution in [0.3, 0.4) is 0 Å². The Balaban J connectivity index is 1.44. The largest absolute Gasteiger partial charge is 0.456 e. The Kier molecular flexibility index (Phi) is 4.39. The Hall–Kier alpha value is -3.18. The Labute approximate surface area is 149 Å². The Morgan fingerprint density at radius 3 is 2.44 bits per heavy atom. The van der Waals surface area contributed by atoms with Crippen molar-refractivity contribution in [2.45, 2.75) is 0 Å². The number of hydrogen-bond donors (Lipinski definition) is 1. The van der Waals surface area contributed by atoms with Gasteiger partial charge in [0.05, 0.1) is 11.9 Å². The SMILES string of the molecule is c1ccc(-c2csc(Nc3ccc(Oc4cccnc4)cc3)n2)cc1. The molecule has 0 fully saturated rings. The van der Waals surface area contributed by atoms with E-state index in [9.17, 15) is 0 Å². The molecule has 1 N–H and O–H groups in total. The van der Waals surface area contributed by atoms with Crippen LogP contribution in [0.1, 0.15) is 0 Å². The van der Waals surface area contributed by atoms with Gasteiger partial charge in [-0.25, -0.2) is 4.98 Å². The summed E-state index contributed by atoms with van der Waals surface area (Å²) in [5.74, 6) is 1.48. The highest BCUT2D eigenvalue weighted by Crippen LogP contribution is 2.28. The molecule has 25 heavy (non-hydrogen) atoms. The highest BCUT2D eigenvalue weighted by molar-refractivity contribution is 7.14. The van der Waals surface area contributed by atoms with E-state index in [0.29, 0.717) is 0 Å². The zero-order valence-corrected chi connectivity index (χ0v) is 14.1. The van der Waals surface area contributed by atoms with Crippen molar-refractivity contribution in [2.24, 2.45) is 0 Å². The normalized spacial score (nSPS) is 10.4. The maximum atomic E-state index is 5.74. The molecule has 0 spiro atoms. The van der Waals surface area contributed by atoms with Gasteiger partial charge < -0.3 is 10.1 Å². The van der Waals surface area contributed by atoms with Crippen LogP contribution >= 0.6 is 11.3 Å². The second kappa shape index (κ2) is 7.15. The van der Waals surface area contributed by atoms with Gasteiger partial charge >= 0.3 is 0 Å². The molecular weight excluding hydrogens is 330 g/mol. The first-order valence-corrected chi connectivity index (χ1v) is 8.71. The average molecular weight is 345 g/mol. The van der Waals surface area contributed by atoms with Crippen molar-refractivity contribution in [1.82, 2.24) is 9.97 Å². The fourth-order valence-electron chi connectivity index (χ4n) is 2.35. The number of aromatic nitrogens is 2. The van der Waals surface area contributed by atoms with Crippen LogP contribution < -0.4 is 10.1 Å². The number of nitrogens with one attached hydrogen (secondary N) is 1. The van der Waals surface area contributed by atoms with Gasteiger partial charge in [0.1, 0.15) is 11.5 Å². The minimum absolute atomic E-state index is 0.718. The number of anilines is 2. The van der Waals surface area contributed by atoms with E-state index in [0.717, 1.165) is 33.6 Å². The highest BCUT2D eigenvalue weighted by atomic mass is 32.1. The first kappa shape index (κ1) is 15.4. The van der Waals surface area contributed by atoms with Gasteiger partial charge in [0.2, 0.25) is 0 Å². The molecule has 2 aromatic heterocycles. The van der Waals surface area contributed by atoms with Crippen molar-refractivity contribution >= 4 is 22.2 Å². The maximum absolute atomic E-state index is 5.74. The molecular formula is C20H15N3OS. The van der Waals surface area contributed by atoms with Crippen LogP contribution in [0.25, 0.3) is 11.3 Å². The molecule has 122 valence electrons. The number of hydrogen-bond acceptors (Lipinski definition) is 5. The lowest BCUT2D eigenvalue weighted by Gasteiger charge is -2.06. The predicted molar refractivity (Wildman–Crippen MR) is 102 cm³/mol. The van der Waals surface area contributed by atoms with E-state index in [1.807, 2.05) is 54.6 Å². The highest BCUT2D eigenvalue weighted by Gasteiger charge is 2.05. The molecule has 2 heterocycles. The van der Waals surface area contributed by atoms with Crippen LogP contribution in [0.4, 0.5) is 10.8 Å². The molecule has 4 aromatic rings. The molecule has 2 aromatic carbocycles. The molecule has 0 amide bonds. The van der Waals surface area contributed by atoms with E-state index in [2.05, 4.69) is 32.8 Å². The molecule has 4 rings (SSSR count). The van der Waals surface area contributed by atoms with Crippen molar-refractivity contribution in [1.29, 1.82) is 0 Å². The average Bonchev–Trinajstić information content (AvgIpc) is 3.14. The van der Waals surface area contributed by atoms with Crippen molar-refractivity contribution < 1.29 is 4.74 Å². The molecule has 0 atom stereocenters. The van der Waals surface area contributed by atoms with E-state index in [-0.39, 0.29) is 0 Å². The first-order valence-electron chi connectivity index (χ1n) is 7.83. The molecule has 0 saturated carbocycles. The van der Waals surface area contributed by atoms with E-state index in [1.54, 1.807) is 23.7 Å². The predicted octanol–water partition coefficient (Wildman–Crippen LogP) is 5.74. The molecule has 0 aliphatic rings. The summed E-state index contributed by atoms with van der Waals surface area (Å²) < 4.78 is 5.74. The molecule has 0 bridgehead atoms. The summed E-state index contributed by atoms with van der Waals surface area (Å²) in [5, 5.41) is 6.24. The van der Waals surface area contributed by atoms with Gasteiger partial charge in [-0.05, 0) is 36.4 Å². The van der Waals surface area contributed by atoms with Gasteiger partial charge in [-0.15, -0.1) is 11.3 Å². The quantitative estimate of drug-likeness (QED) is 0.501. The number of pyridine rings is 1. The molecule has 0 aliphatic heterocycles. The fourth-order valence-corrected chi connectivity index (χ4v) is 3.09. The lowest BCUT2D eigenvalue weighted by Crippen LogP contribution is -1.90. The van der Waals surface area contributed by atoms with Gasteiger partial charge in [0, 0.05) is 22.8 Å². The summed E-state index contributed by atoms with van der Waals surface area (Å²) in [5.41, 5.74) is 3.06. The second-order valence-electron chi connectivity index (χ2n) is 5.34. The first-order chi connectivity index (χ1) is 12.4. The zero-order chi connectivity index (χ0) is 16.9. The van der Waals surface area contributed by atoms with Crippen LogP contribution in [-0.2, 0) is 0 Å².